The molecule has 0 aliphatic carbocycles. The summed E-state index contributed by atoms with van der Waals surface area (Å²) in [4.78, 5) is 30.8. The zero-order valence-corrected chi connectivity index (χ0v) is 17.5. The van der Waals surface area contributed by atoms with E-state index < -0.39 is 5.56 Å². The molecule has 0 aliphatic rings. The van der Waals surface area contributed by atoms with Crippen molar-refractivity contribution in [1.82, 2.24) is 15.3 Å². The fraction of sp³-hybridized carbons (Fsp3) is 0.174. The van der Waals surface area contributed by atoms with Crippen molar-refractivity contribution < 1.29 is 14.3 Å². The fourth-order valence-corrected chi connectivity index (χ4v) is 3.46. The Morgan fingerprint density at radius 1 is 1.16 bits per heavy atom. The van der Waals surface area contributed by atoms with Crippen LogP contribution in [-0.4, -0.2) is 33.3 Å². The maximum Gasteiger partial charge on any atom is 0.281 e. The highest BCUT2D eigenvalue weighted by Gasteiger charge is 2.11. The van der Waals surface area contributed by atoms with Crippen LogP contribution >= 0.6 is 11.8 Å². The number of allylic oxidation sites excluding steroid dienone is 1. The highest BCUT2D eigenvalue weighted by atomic mass is 32.2. The van der Waals surface area contributed by atoms with Crippen molar-refractivity contribution in [2.75, 3.05) is 12.3 Å². The first kappa shape index (κ1) is 22.3. The second-order valence-corrected chi connectivity index (χ2v) is 7.67. The average Bonchev–Trinajstić information content (AvgIpc) is 2.76. The summed E-state index contributed by atoms with van der Waals surface area (Å²) in [5.41, 5.74) is 1.54. The lowest BCUT2D eigenvalue weighted by Gasteiger charge is -2.06. The van der Waals surface area contributed by atoms with Gasteiger partial charge < -0.3 is 15.4 Å². The third-order valence-electron chi connectivity index (χ3n) is 4.39. The van der Waals surface area contributed by atoms with Crippen LogP contribution < -0.4 is 10.9 Å². The molecule has 160 valence electrons. The molecule has 0 spiro atoms. The maximum atomic E-state index is 12.9. The van der Waals surface area contributed by atoms with Crippen LogP contribution in [-0.2, 0) is 17.6 Å². The topological polar surface area (TPSA) is 95.1 Å². The largest absolute Gasteiger partial charge is 0.494 e. The molecule has 1 amide bonds. The first-order chi connectivity index (χ1) is 15.0. The van der Waals surface area contributed by atoms with Crippen molar-refractivity contribution in [3.8, 4) is 5.88 Å². The van der Waals surface area contributed by atoms with E-state index in [4.69, 9.17) is 0 Å². The van der Waals surface area contributed by atoms with Crippen molar-refractivity contribution >= 4 is 23.7 Å². The minimum absolute atomic E-state index is 0.0407. The number of nitrogens with zero attached hydrogens (tertiary/aromatic N) is 1. The lowest BCUT2D eigenvalue weighted by molar-refractivity contribution is -0.118. The number of H-pyrrole nitrogens is 1. The second-order valence-electron chi connectivity index (χ2n) is 6.71. The summed E-state index contributed by atoms with van der Waals surface area (Å²) in [7, 11) is 0. The summed E-state index contributed by atoms with van der Waals surface area (Å²) in [5, 5.41) is 13.1. The van der Waals surface area contributed by atoms with Gasteiger partial charge in [-0.3, -0.25) is 9.59 Å². The summed E-state index contributed by atoms with van der Waals surface area (Å²) in [6, 6.07) is 15.7. The van der Waals surface area contributed by atoms with Crippen LogP contribution in [0.4, 0.5) is 4.39 Å². The number of hydrogen-bond donors (Lipinski definition) is 3. The zero-order valence-electron chi connectivity index (χ0n) is 16.7. The number of aromatic nitrogens is 2. The summed E-state index contributed by atoms with van der Waals surface area (Å²) < 4.78 is 12.9. The van der Waals surface area contributed by atoms with Gasteiger partial charge in [0.15, 0.2) is 11.0 Å². The van der Waals surface area contributed by atoms with Gasteiger partial charge in [-0.05, 0) is 29.7 Å². The van der Waals surface area contributed by atoms with Crippen molar-refractivity contribution in [3.63, 3.8) is 0 Å². The third-order valence-corrected chi connectivity index (χ3v) is 5.27. The standard InChI is InChI=1S/C23H22FN3O3S/c24-18-11-9-17(10-12-18)13-14-25-20(28)15-31-23-26-21(29)19(22(30)27-23)8-4-7-16-5-2-1-3-6-16/h1-7,9-12H,8,13-15H2,(H,25,28)(H2,26,27,29,30)/b7-4+. The van der Waals surface area contributed by atoms with Crippen molar-refractivity contribution in [2.24, 2.45) is 0 Å². The third kappa shape index (κ3) is 7.11. The number of benzene rings is 2. The molecule has 0 atom stereocenters. The SMILES string of the molecule is O=C(CSc1nc(=O)c(C/C=C/c2ccccc2)c(O)[nH]1)NCCc1ccc(F)cc1. The fourth-order valence-electron chi connectivity index (χ4n) is 2.78. The van der Waals surface area contributed by atoms with E-state index in [0.717, 1.165) is 22.9 Å². The Balaban J connectivity index is 1.48. The monoisotopic (exact) mass is 439 g/mol. The van der Waals surface area contributed by atoms with Crippen LogP contribution in [0.5, 0.6) is 5.88 Å². The smallest absolute Gasteiger partial charge is 0.281 e. The Kier molecular flexibility index (Phi) is 8.00. The predicted octanol–water partition coefficient (Wildman–Crippen LogP) is 3.32. The van der Waals surface area contributed by atoms with Gasteiger partial charge in [0, 0.05) is 13.0 Å². The zero-order chi connectivity index (χ0) is 22.1. The van der Waals surface area contributed by atoms with E-state index in [1.807, 2.05) is 36.4 Å². The lowest BCUT2D eigenvalue weighted by Crippen LogP contribution is -2.27. The normalized spacial score (nSPS) is 11.0. The second kappa shape index (κ2) is 11.1. The quantitative estimate of drug-likeness (QED) is 0.351. The Labute approximate surface area is 183 Å². The first-order valence-electron chi connectivity index (χ1n) is 9.69. The average molecular weight is 440 g/mol. The van der Waals surface area contributed by atoms with E-state index in [1.165, 1.54) is 12.1 Å². The van der Waals surface area contributed by atoms with Crippen LogP contribution in [0.2, 0.25) is 0 Å². The van der Waals surface area contributed by atoms with Gasteiger partial charge in [0.05, 0.1) is 11.3 Å². The molecule has 1 heterocycles. The molecule has 3 rings (SSSR count). The number of aromatic amines is 1. The van der Waals surface area contributed by atoms with E-state index in [1.54, 1.807) is 18.2 Å². The number of halogens is 1. The number of thioether (sulfide) groups is 1. The lowest BCUT2D eigenvalue weighted by atomic mass is 10.1. The Bertz CT molecular complexity index is 1100. The first-order valence-corrected chi connectivity index (χ1v) is 10.7. The van der Waals surface area contributed by atoms with Crippen LogP contribution in [0.3, 0.4) is 0 Å². The molecule has 2 aromatic carbocycles. The summed E-state index contributed by atoms with van der Waals surface area (Å²) in [6.45, 7) is 0.410. The number of carbonyl (C=O) groups is 1. The summed E-state index contributed by atoms with van der Waals surface area (Å²) >= 11 is 1.03. The number of carbonyl (C=O) groups excluding carboxylic acids is 1. The van der Waals surface area contributed by atoms with Gasteiger partial charge in [0.25, 0.3) is 5.56 Å². The molecule has 0 radical (unpaired) electrons. The van der Waals surface area contributed by atoms with E-state index in [0.29, 0.717) is 13.0 Å². The van der Waals surface area contributed by atoms with Gasteiger partial charge in [-0.2, -0.15) is 4.98 Å². The molecule has 3 aromatic rings. The Morgan fingerprint density at radius 2 is 1.90 bits per heavy atom. The van der Waals surface area contributed by atoms with Gasteiger partial charge in [0.1, 0.15) is 5.82 Å². The van der Waals surface area contributed by atoms with Crippen molar-refractivity contribution in [1.29, 1.82) is 0 Å². The molecule has 0 aliphatic heterocycles. The van der Waals surface area contributed by atoms with E-state index in [2.05, 4.69) is 15.3 Å². The molecule has 0 bridgehead atoms. The van der Waals surface area contributed by atoms with Gasteiger partial charge in [-0.25, -0.2) is 4.39 Å². The Morgan fingerprint density at radius 3 is 2.61 bits per heavy atom. The number of rotatable bonds is 9. The summed E-state index contributed by atoms with van der Waals surface area (Å²) in [6.07, 6.45) is 4.45. The molecule has 0 unspecified atom stereocenters. The minimum Gasteiger partial charge on any atom is -0.494 e. The number of nitrogens with one attached hydrogen (secondary N) is 2. The number of aromatic hydroxyl groups is 1. The minimum atomic E-state index is -0.534. The van der Waals surface area contributed by atoms with Crippen molar-refractivity contribution in [2.45, 2.75) is 18.0 Å². The highest BCUT2D eigenvalue weighted by molar-refractivity contribution is 7.99. The molecule has 31 heavy (non-hydrogen) atoms. The van der Waals surface area contributed by atoms with Gasteiger partial charge in [0.2, 0.25) is 5.91 Å². The highest BCUT2D eigenvalue weighted by Crippen LogP contribution is 2.17. The van der Waals surface area contributed by atoms with E-state index in [-0.39, 0.29) is 40.5 Å². The van der Waals surface area contributed by atoms with Crippen LogP contribution in [0.15, 0.2) is 70.6 Å². The molecular weight excluding hydrogens is 417 g/mol. The summed E-state index contributed by atoms with van der Waals surface area (Å²) in [5.74, 6) is -0.743. The molecule has 8 heteroatoms. The Hall–Kier alpha value is -3.39. The molecule has 0 saturated heterocycles. The van der Waals surface area contributed by atoms with Crippen LogP contribution in [0, 0.1) is 5.82 Å². The van der Waals surface area contributed by atoms with Crippen LogP contribution in [0.1, 0.15) is 16.7 Å². The van der Waals surface area contributed by atoms with E-state index >= 15 is 0 Å². The van der Waals surface area contributed by atoms with Crippen molar-refractivity contribution in [3.05, 3.63) is 93.5 Å². The molecule has 1 aromatic heterocycles. The van der Waals surface area contributed by atoms with E-state index in [9.17, 15) is 19.1 Å². The molecule has 0 fully saturated rings. The predicted molar refractivity (Wildman–Crippen MR) is 120 cm³/mol. The molecular formula is C23H22FN3O3S. The van der Waals surface area contributed by atoms with Gasteiger partial charge in [-0.1, -0.05) is 66.4 Å². The molecule has 3 N–H and O–H groups in total. The molecule has 6 nitrogen and oxygen atoms in total. The number of amides is 1. The van der Waals surface area contributed by atoms with Crippen LogP contribution in [0.25, 0.3) is 6.08 Å². The van der Waals surface area contributed by atoms with Gasteiger partial charge in [-0.15, -0.1) is 0 Å². The molecule has 0 saturated carbocycles. The number of hydrogen-bond acceptors (Lipinski definition) is 5. The van der Waals surface area contributed by atoms with Gasteiger partial charge >= 0.3 is 0 Å². The maximum absolute atomic E-state index is 12.9.